The van der Waals surface area contributed by atoms with Gasteiger partial charge in [0.2, 0.25) is 5.43 Å². The smallest absolute Gasteiger partial charge is 0.214 e. The molecule has 1 aromatic carbocycles. The van der Waals surface area contributed by atoms with Crippen molar-refractivity contribution in [2.24, 2.45) is 0 Å². The Labute approximate surface area is 70.9 Å². The zero-order valence-corrected chi connectivity index (χ0v) is 7.17. The van der Waals surface area contributed by atoms with Gasteiger partial charge in [-0.3, -0.25) is 4.79 Å². The van der Waals surface area contributed by atoms with Crippen molar-refractivity contribution < 1.29 is 4.39 Å². The van der Waals surface area contributed by atoms with Gasteiger partial charge in [0.15, 0.2) is 5.82 Å². The second-order valence-corrected chi connectivity index (χ2v) is 3.04. The lowest BCUT2D eigenvalue weighted by atomic mass is 10.1. The second-order valence-electron chi connectivity index (χ2n) is 3.04. The molecule has 0 radical (unpaired) electrons. The number of halogens is 1. The normalized spacial score (nSPS) is 10.3. The second kappa shape index (κ2) is 3.48. The van der Waals surface area contributed by atoms with Crippen LogP contribution in [-0.4, -0.2) is 0 Å². The zero-order valence-electron chi connectivity index (χ0n) is 7.17. The van der Waals surface area contributed by atoms with Gasteiger partial charge in [0.25, 0.3) is 0 Å². The molecular formula is C10H11FO. The molecule has 0 heterocycles. The van der Waals surface area contributed by atoms with Crippen LogP contribution in [0.15, 0.2) is 29.1 Å². The van der Waals surface area contributed by atoms with Gasteiger partial charge in [-0.25, -0.2) is 4.39 Å². The predicted octanol–water partition coefficient (Wildman–Crippen LogP) is 2.31. The number of rotatable bonds is 1. The largest absolute Gasteiger partial charge is 0.287 e. The van der Waals surface area contributed by atoms with E-state index in [2.05, 4.69) is 0 Å². The number of hydrogen-bond donors (Lipinski definition) is 0. The Bertz CT molecular complexity index is 331. The summed E-state index contributed by atoms with van der Waals surface area (Å²) in [5, 5.41) is 0. The summed E-state index contributed by atoms with van der Waals surface area (Å²) in [6.45, 7) is 3.92. The fourth-order valence-electron chi connectivity index (χ4n) is 0.951. The summed E-state index contributed by atoms with van der Waals surface area (Å²) in [7, 11) is 0. The SMILES string of the molecule is CC(C)c1cccc(=O)c(F)c1. The summed E-state index contributed by atoms with van der Waals surface area (Å²) >= 11 is 0. The van der Waals surface area contributed by atoms with Crippen molar-refractivity contribution in [2.75, 3.05) is 0 Å². The molecular weight excluding hydrogens is 155 g/mol. The predicted molar refractivity (Wildman–Crippen MR) is 46.8 cm³/mol. The van der Waals surface area contributed by atoms with Crippen molar-refractivity contribution >= 4 is 0 Å². The molecule has 0 saturated heterocycles. The highest BCUT2D eigenvalue weighted by molar-refractivity contribution is 5.18. The average Bonchev–Trinajstić information content (AvgIpc) is 2.15. The molecule has 0 fully saturated rings. The third-order valence-corrected chi connectivity index (χ3v) is 1.73. The summed E-state index contributed by atoms with van der Waals surface area (Å²) in [6, 6.07) is 5.88. The summed E-state index contributed by atoms with van der Waals surface area (Å²) in [4.78, 5) is 10.8. The van der Waals surface area contributed by atoms with E-state index in [1.807, 2.05) is 13.8 Å². The van der Waals surface area contributed by atoms with Crippen molar-refractivity contribution in [3.63, 3.8) is 0 Å². The van der Waals surface area contributed by atoms with Crippen LogP contribution in [0.25, 0.3) is 0 Å². The molecule has 0 spiro atoms. The highest BCUT2D eigenvalue weighted by Crippen LogP contribution is 2.11. The Morgan fingerprint density at radius 3 is 2.58 bits per heavy atom. The fourth-order valence-corrected chi connectivity index (χ4v) is 0.951. The number of hydrogen-bond acceptors (Lipinski definition) is 1. The molecule has 1 aromatic rings. The monoisotopic (exact) mass is 166 g/mol. The third-order valence-electron chi connectivity index (χ3n) is 1.73. The molecule has 12 heavy (non-hydrogen) atoms. The molecule has 0 amide bonds. The first kappa shape index (κ1) is 8.91. The first-order valence-electron chi connectivity index (χ1n) is 3.91. The van der Waals surface area contributed by atoms with E-state index in [1.54, 1.807) is 12.1 Å². The van der Waals surface area contributed by atoms with Gasteiger partial charge in [-0.15, -0.1) is 0 Å². The van der Waals surface area contributed by atoms with Gasteiger partial charge >= 0.3 is 0 Å². The van der Waals surface area contributed by atoms with Gasteiger partial charge in [0.05, 0.1) is 0 Å². The molecule has 0 saturated carbocycles. The fraction of sp³-hybridized carbons (Fsp3) is 0.300. The van der Waals surface area contributed by atoms with Crippen LogP contribution in [-0.2, 0) is 0 Å². The van der Waals surface area contributed by atoms with Crippen molar-refractivity contribution in [1.82, 2.24) is 0 Å². The van der Waals surface area contributed by atoms with Crippen LogP contribution in [0.3, 0.4) is 0 Å². The Morgan fingerprint density at radius 1 is 1.33 bits per heavy atom. The molecule has 1 rings (SSSR count). The molecule has 1 nitrogen and oxygen atoms in total. The summed E-state index contributed by atoms with van der Waals surface area (Å²) in [5.74, 6) is -0.435. The zero-order chi connectivity index (χ0) is 9.14. The lowest BCUT2D eigenvalue weighted by Gasteiger charge is -1.99. The Kier molecular flexibility index (Phi) is 2.58. The summed E-state index contributed by atoms with van der Waals surface area (Å²) in [5.41, 5.74) is 0.288. The maximum absolute atomic E-state index is 12.9. The van der Waals surface area contributed by atoms with E-state index in [0.29, 0.717) is 0 Å². The van der Waals surface area contributed by atoms with E-state index in [9.17, 15) is 9.18 Å². The average molecular weight is 166 g/mol. The van der Waals surface area contributed by atoms with Gasteiger partial charge in [-0.05, 0) is 23.6 Å². The molecule has 2 heteroatoms. The van der Waals surface area contributed by atoms with Crippen LogP contribution in [0, 0.1) is 5.82 Å². The molecule has 0 unspecified atom stereocenters. The Balaban J connectivity index is 3.31. The van der Waals surface area contributed by atoms with E-state index < -0.39 is 11.2 Å². The van der Waals surface area contributed by atoms with Gasteiger partial charge in [0, 0.05) is 0 Å². The summed E-state index contributed by atoms with van der Waals surface area (Å²) in [6.07, 6.45) is 0. The molecule has 0 bridgehead atoms. The first-order valence-corrected chi connectivity index (χ1v) is 3.91. The van der Waals surface area contributed by atoms with Crippen LogP contribution in [0.2, 0.25) is 0 Å². The third kappa shape index (κ3) is 1.91. The molecule has 64 valence electrons. The Hall–Kier alpha value is -1.18. The molecule has 0 atom stereocenters. The quantitative estimate of drug-likeness (QED) is 0.625. The van der Waals surface area contributed by atoms with Crippen LogP contribution in [0.1, 0.15) is 25.3 Å². The van der Waals surface area contributed by atoms with Crippen LogP contribution < -0.4 is 5.43 Å². The topological polar surface area (TPSA) is 17.1 Å². The van der Waals surface area contributed by atoms with E-state index in [-0.39, 0.29) is 5.92 Å². The lowest BCUT2D eigenvalue weighted by Crippen LogP contribution is -1.99. The molecule has 0 aromatic heterocycles. The first-order chi connectivity index (χ1) is 5.61. The van der Waals surface area contributed by atoms with Crippen molar-refractivity contribution in [3.05, 3.63) is 45.9 Å². The van der Waals surface area contributed by atoms with E-state index in [1.165, 1.54) is 12.1 Å². The standard InChI is InChI=1S/C10H11FO/c1-7(2)8-4-3-5-10(12)9(11)6-8/h3-7H,1-2H3. The van der Waals surface area contributed by atoms with Crippen LogP contribution in [0.4, 0.5) is 4.39 Å². The van der Waals surface area contributed by atoms with Crippen LogP contribution in [0.5, 0.6) is 0 Å². The lowest BCUT2D eigenvalue weighted by molar-refractivity contribution is 0.616. The maximum Gasteiger partial charge on any atom is 0.214 e. The minimum atomic E-state index is -0.677. The van der Waals surface area contributed by atoms with Crippen molar-refractivity contribution in [2.45, 2.75) is 19.8 Å². The van der Waals surface area contributed by atoms with Crippen molar-refractivity contribution in [1.29, 1.82) is 0 Å². The minimum Gasteiger partial charge on any atom is -0.287 e. The molecule has 0 aliphatic heterocycles. The highest BCUT2D eigenvalue weighted by atomic mass is 19.1. The molecule has 0 N–H and O–H groups in total. The van der Waals surface area contributed by atoms with Gasteiger partial charge in [-0.2, -0.15) is 0 Å². The highest BCUT2D eigenvalue weighted by Gasteiger charge is 2.00. The van der Waals surface area contributed by atoms with E-state index in [0.717, 1.165) is 5.56 Å². The molecule has 0 aliphatic carbocycles. The summed E-state index contributed by atoms with van der Waals surface area (Å²) < 4.78 is 12.9. The van der Waals surface area contributed by atoms with Crippen molar-refractivity contribution in [3.8, 4) is 0 Å². The molecule has 0 aliphatic rings. The van der Waals surface area contributed by atoms with Gasteiger partial charge < -0.3 is 0 Å². The van der Waals surface area contributed by atoms with Gasteiger partial charge in [-0.1, -0.05) is 26.0 Å². The van der Waals surface area contributed by atoms with Gasteiger partial charge in [0.1, 0.15) is 0 Å². The Morgan fingerprint density at radius 2 is 2.00 bits per heavy atom. The van der Waals surface area contributed by atoms with E-state index >= 15 is 0 Å². The maximum atomic E-state index is 12.9. The van der Waals surface area contributed by atoms with Crippen LogP contribution >= 0.6 is 0 Å². The van der Waals surface area contributed by atoms with E-state index in [4.69, 9.17) is 0 Å². The minimum absolute atomic E-state index is 0.242.